The van der Waals surface area contributed by atoms with E-state index in [0.717, 1.165) is 56.5 Å². The summed E-state index contributed by atoms with van der Waals surface area (Å²) in [5.74, 6) is 0.0264. The van der Waals surface area contributed by atoms with Crippen LogP contribution in [0.2, 0.25) is 0 Å². The predicted molar refractivity (Wildman–Crippen MR) is 112 cm³/mol. The van der Waals surface area contributed by atoms with Crippen LogP contribution in [0.25, 0.3) is 0 Å². The number of hydrogen-bond donors (Lipinski definition) is 1. The molecule has 1 aliphatic carbocycles. The average molecular weight is 384 g/mol. The first-order chi connectivity index (χ1) is 13.6. The van der Waals surface area contributed by atoms with Crippen molar-refractivity contribution in [3.8, 4) is 0 Å². The molecule has 5 nitrogen and oxygen atoms in total. The van der Waals surface area contributed by atoms with Gasteiger partial charge in [-0.05, 0) is 43.5 Å². The molecule has 1 unspecified atom stereocenters. The third-order valence-corrected chi connectivity index (χ3v) is 6.04. The van der Waals surface area contributed by atoms with Crippen molar-refractivity contribution in [3.05, 3.63) is 47.0 Å². The molecular weight excluding hydrogens is 350 g/mol. The lowest BCUT2D eigenvalue weighted by atomic mass is 9.88. The number of fused-ring (bicyclic) bond motifs is 1. The van der Waals surface area contributed by atoms with Gasteiger partial charge in [0.1, 0.15) is 0 Å². The van der Waals surface area contributed by atoms with E-state index in [2.05, 4.69) is 36.2 Å². The Labute approximate surface area is 168 Å². The minimum atomic E-state index is -0.0334. The largest absolute Gasteiger partial charge is 0.355 e. The second-order valence-corrected chi connectivity index (χ2v) is 7.74. The van der Waals surface area contributed by atoms with Gasteiger partial charge in [0.2, 0.25) is 5.91 Å². The molecule has 5 heteroatoms. The summed E-state index contributed by atoms with van der Waals surface area (Å²) in [4.78, 5) is 29.9. The normalized spacial score (nSPS) is 19.3. The first kappa shape index (κ1) is 20.6. The lowest BCUT2D eigenvalue weighted by Crippen LogP contribution is -2.37. The van der Waals surface area contributed by atoms with Crippen LogP contribution in [0.5, 0.6) is 0 Å². The van der Waals surface area contributed by atoms with Gasteiger partial charge < -0.3 is 15.1 Å². The van der Waals surface area contributed by atoms with E-state index in [-0.39, 0.29) is 24.3 Å². The fourth-order valence-corrected chi connectivity index (χ4v) is 4.41. The maximum Gasteiger partial charge on any atom is 0.251 e. The number of likely N-dealkylation sites (N-methyl/N-ethyl adjacent to an activating group) is 1. The van der Waals surface area contributed by atoms with Gasteiger partial charge in [-0.15, -0.1) is 0 Å². The quantitative estimate of drug-likeness (QED) is 0.713. The molecule has 0 spiro atoms. The molecule has 28 heavy (non-hydrogen) atoms. The number of hydrogen-bond acceptors (Lipinski definition) is 3. The Kier molecular flexibility index (Phi) is 7.26. The summed E-state index contributed by atoms with van der Waals surface area (Å²) in [6.07, 6.45) is 4.44. The highest BCUT2D eigenvalue weighted by Gasteiger charge is 2.40. The van der Waals surface area contributed by atoms with Gasteiger partial charge >= 0.3 is 0 Å². The maximum absolute atomic E-state index is 13.2. The summed E-state index contributed by atoms with van der Waals surface area (Å²) in [6.45, 7) is 8.32. The van der Waals surface area contributed by atoms with Crippen LogP contribution in [0, 0.1) is 0 Å². The molecular formula is C23H33N3O2. The molecule has 0 saturated heterocycles. The zero-order valence-corrected chi connectivity index (χ0v) is 17.2. The number of carbonyl (C=O) groups excluding carboxylic acids is 2. The summed E-state index contributed by atoms with van der Waals surface area (Å²) >= 11 is 0. The van der Waals surface area contributed by atoms with Crippen LogP contribution in [0.3, 0.4) is 0 Å². The van der Waals surface area contributed by atoms with Crippen molar-refractivity contribution in [3.63, 3.8) is 0 Å². The highest BCUT2D eigenvalue weighted by atomic mass is 16.2. The molecule has 2 amide bonds. The van der Waals surface area contributed by atoms with Crippen LogP contribution in [-0.2, 0) is 16.1 Å². The van der Waals surface area contributed by atoms with E-state index in [0.29, 0.717) is 13.1 Å². The lowest BCUT2D eigenvalue weighted by Gasteiger charge is -2.30. The molecule has 1 heterocycles. The molecule has 2 aliphatic rings. The summed E-state index contributed by atoms with van der Waals surface area (Å²) < 4.78 is 0. The number of amides is 2. The molecule has 3 rings (SSSR count). The Hall–Kier alpha value is -2.14. The van der Waals surface area contributed by atoms with Gasteiger partial charge in [-0.2, -0.15) is 0 Å². The molecule has 1 aromatic carbocycles. The van der Waals surface area contributed by atoms with Crippen LogP contribution in [-0.4, -0.2) is 53.8 Å². The third-order valence-electron chi connectivity index (χ3n) is 6.04. The van der Waals surface area contributed by atoms with Crippen LogP contribution in [0.15, 0.2) is 41.5 Å². The van der Waals surface area contributed by atoms with Crippen LogP contribution in [0.4, 0.5) is 0 Å². The van der Waals surface area contributed by atoms with E-state index in [9.17, 15) is 9.59 Å². The van der Waals surface area contributed by atoms with E-state index in [1.165, 1.54) is 5.57 Å². The van der Waals surface area contributed by atoms with Gasteiger partial charge in [-0.3, -0.25) is 9.59 Å². The van der Waals surface area contributed by atoms with Crippen LogP contribution >= 0.6 is 0 Å². The Bertz CT molecular complexity index is 710. The van der Waals surface area contributed by atoms with Crippen molar-refractivity contribution >= 4 is 11.8 Å². The Morgan fingerprint density at radius 1 is 1.18 bits per heavy atom. The molecule has 1 atom stereocenters. The van der Waals surface area contributed by atoms with E-state index in [1.807, 2.05) is 23.1 Å². The molecule has 1 fully saturated rings. The summed E-state index contributed by atoms with van der Waals surface area (Å²) in [7, 11) is 0. The van der Waals surface area contributed by atoms with Gasteiger partial charge in [0.25, 0.3) is 5.91 Å². The van der Waals surface area contributed by atoms with Gasteiger partial charge in [-0.25, -0.2) is 0 Å². The van der Waals surface area contributed by atoms with Gasteiger partial charge in [0.15, 0.2) is 0 Å². The fourth-order valence-electron chi connectivity index (χ4n) is 4.41. The highest BCUT2D eigenvalue weighted by Crippen LogP contribution is 2.38. The molecule has 0 bridgehead atoms. The average Bonchev–Trinajstić information content (AvgIpc) is 2.98. The lowest BCUT2D eigenvalue weighted by molar-refractivity contribution is -0.129. The van der Waals surface area contributed by atoms with Gasteiger partial charge in [0, 0.05) is 25.2 Å². The zero-order chi connectivity index (χ0) is 19.9. The fraction of sp³-hybridized carbons (Fsp3) is 0.565. The molecule has 1 saturated carbocycles. The second-order valence-electron chi connectivity index (χ2n) is 7.74. The summed E-state index contributed by atoms with van der Waals surface area (Å²) in [5, 5.41) is 3.00. The SMILES string of the molecule is CCN(CC)CCNC(=O)CC1=C2CCCCC2N(Cc2ccccc2)C1=O. The first-order valence-electron chi connectivity index (χ1n) is 10.7. The second kappa shape index (κ2) is 9.87. The third kappa shape index (κ3) is 4.82. The maximum atomic E-state index is 13.2. The van der Waals surface area contributed by atoms with Gasteiger partial charge in [0.05, 0.1) is 12.5 Å². The van der Waals surface area contributed by atoms with Crippen molar-refractivity contribution in [2.45, 2.75) is 58.5 Å². The van der Waals surface area contributed by atoms with Gasteiger partial charge in [-0.1, -0.05) is 50.6 Å². The Morgan fingerprint density at radius 2 is 1.93 bits per heavy atom. The Morgan fingerprint density at radius 3 is 2.64 bits per heavy atom. The predicted octanol–water partition coefficient (Wildman–Crippen LogP) is 3.12. The molecule has 1 N–H and O–H groups in total. The van der Waals surface area contributed by atoms with Crippen LogP contribution in [0.1, 0.15) is 51.5 Å². The number of rotatable bonds is 9. The van der Waals surface area contributed by atoms with E-state index in [1.54, 1.807) is 0 Å². The Balaban J connectivity index is 1.64. The number of benzene rings is 1. The van der Waals surface area contributed by atoms with E-state index in [4.69, 9.17) is 0 Å². The van der Waals surface area contributed by atoms with E-state index >= 15 is 0 Å². The smallest absolute Gasteiger partial charge is 0.251 e. The highest BCUT2D eigenvalue weighted by molar-refractivity contribution is 6.02. The van der Waals surface area contributed by atoms with Crippen LogP contribution < -0.4 is 5.32 Å². The molecule has 152 valence electrons. The first-order valence-corrected chi connectivity index (χ1v) is 10.7. The van der Waals surface area contributed by atoms with E-state index < -0.39 is 0 Å². The minimum Gasteiger partial charge on any atom is -0.355 e. The monoisotopic (exact) mass is 383 g/mol. The summed E-state index contributed by atoms with van der Waals surface area (Å²) in [6, 6.07) is 10.3. The standard InChI is InChI=1S/C23H33N3O2/c1-3-25(4-2)15-14-24-22(27)16-20-19-12-8-9-13-21(19)26(23(20)28)17-18-10-6-5-7-11-18/h5-7,10-11,21H,3-4,8-9,12-17H2,1-2H3,(H,24,27). The summed E-state index contributed by atoms with van der Waals surface area (Å²) in [5.41, 5.74) is 3.11. The molecule has 1 aliphatic heterocycles. The zero-order valence-electron chi connectivity index (χ0n) is 17.2. The van der Waals surface area contributed by atoms with Crippen molar-refractivity contribution < 1.29 is 9.59 Å². The van der Waals surface area contributed by atoms with Crippen molar-refractivity contribution in [1.82, 2.24) is 15.1 Å². The van der Waals surface area contributed by atoms with Crippen molar-refractivity contribution in [2.24, 2.45) is 0 Å². The molecule has 1 aromatic rings. The number of nitrogens with one attached hydrogen (secondary N) is 1. The minimum absolute atomic E-state index is 0.0334. The number of nitrogens with zero attached hydrogens (tertiary/aromatic N) is 2. The molecule has 0 aromatic heterocycles. The van der Waals surface area contributed by atoms with Crippen molar-refractivity contribution in [2.75, 3.05) is 26.2 Å². The number of carbonyl (C=O) groups is 2. The van der Waals surface area contributed by atoms with Crippen molar-refractivity contribution in [1.29, 1.82) is 0 Å². The molecule has 0 radical (unpaired) electrons. The topological polar surface area (TPSA) is 52.7 Å².